The maximum absolute atomic E-state index is 11.6. The minimum atomic E-state index is -0.684. The van der Waals surface area contributed by atoms with E-state index in [1.165, 1.54) is 5.56 Å². The Morgan fingerprint density at radius 3 is 2.28 bits per heavy atom. The first kappa shape index (κ1) is 11.6. The van der Waals surface area contributed by atoms with Crippen LogP contribution in [0, 0.1) is 0 Å². The van der Waals surface area contributed by atoms with Gasteiger partial charge < -0.3 is 9.47 Å². The van der Waals surface area contributed by atoms with E-state index in [1.54, 1.807) is 0 Å². The van der Waals surface area contributed by atoms with Crippen LogP contribution >= 0.6 is 0 Å². The summed E-state index contributed by atoms with van der Waals surface area (Å²) in [5, 5.41) is 0. The third kappa shape index (κ3) is 1.22. The lowest BCUT2D eigenvalue weighted by molar-refractivity contribution is -0.0582. The fourth-order valence-corrected chi connectivity index (χ4v) is 3.55. The molecule has 1 saturated heterocycles. The molecule has 3 nitrogen and oxygen atoms in total. The molecule has 0 N–H and O–H groups in total. The van der Waals surface area contributed by atoms with Crippen LogP contribution in [0.1, 0.15) is 45.2 Å². The summed E-state index contributed by atoms with van der Waals surface area (Å²) >= 11 is 0. The molecule has 0 unspecified atom stereocenters. The van der Waals surface area contributed by atoms with Gasteiger partial charge in [-0.2, -0.15) is 0 Å². The van der Waals surface area contributed by atoms with E-state index in [4.69, 9.17) is 9.47 Å². The van der Waals surface area contributed by atoms with Gasteiger partial charge in [-0.15, -0.1) is 0 Å². The summed E-state index contributed by atoms with van der Waals surface area (Å²) in [4.78, 5) is 11.6. The summed E-state index contributed by atoms with van der Waals surface area (Å²) < 4.78 is 11.0. The number of fused-ring (bicyclic) bond motifs is 3. The van der Waals surface area contributed by atoms with E-state index in [0.29, 0.717) is 0 Å². The average molecular weight is 246 g/mol. The van der Waals surface area contributed by atoms with Crippen molar-refractivity contribution in [2.24, 2.45) is 0 Å². The van der Waals surface area contributed by atoms with Gasteiger partial charge in [0.05, 0.1) is 0 Å². The molecule has 0 radical (unpaired) electrons. The number of carbonyl (C=O) groups is 1. The number of hydrogen-bond acceptors (Lipinski definition) is 3. The van der Waals surface area contributed by atoms with Crippen molar-refractivity contribution < 1.29 is 14.3 Å². The highest BCUT2D eigenvalue weighted by atomic mass is 16.8. The van der Waals surface area contributed by atoms with Crippen molar-refractivity contribution in [3.63, 3.8) is 0 Å². The van der Waals surface area contributed by atoms with Gasteiger partial charge in [-0.1, -0.05) is 38.1 Å². The highest BCUT2D eigenvalue weighted by Gasteiger charge is 2.63. The van der Waals surface area contributed by atoms with E-state index < -0.39 is 17.4 Å². The zero-order valence-electron chi connectivity index (χ0n) is 11.2. The van der Waals surface area contributed by atoms with Crippen molar-refractivity contribution in [3.05, 3.63) is 35.4 Å². The van der Waals surface area contributed by atoms with E-state index in [1.807, 2.05) is 32.0 Å². The van der Waals surface area contributed by atoms with E-state index in [-0.39, 0.29) is 5.41 Å². The standard InChI is InChI=1S/C15H18O3/c1-13(2)9-14(3)15(4,18-12(16)17-14)11-8-6-5-7-10(11)13/h5-8H,9H2,1-4H3/t14-,15-/m0/s1. The first-order valence-corrected chi connectivity index (χ1v) is 6.31. The maximum Gasteiger partial charge on any atom is 0.510 e. The lowest BCUT2D eigenvalue weighted by Gasteiger charge is -2.48. The Labute approximate surface area is 107 Å². The second-order valence-corrected chi connectivity index (χ2v) is 6.32. The molecule has 1 aliphatic heterocycles. The van der Waals surface area contributed by atoms with Crippen molar-refractivity contribution >= 4 is 6.16 Å². The van der Waals surface area contributed by atoms with Crippen molar-refractivity contribution in [2.45, 2.75) is 50.7 Å². The summed E-state index contributed by atoms with van der Waals surface area (Å²) in [6.45, 7) is 8.28. The van der Waals surface area contributed by atoms with Crippen molar-refractivity contribution in [2.75, 3.05) is 0 Å². The highest BCUT2D eigenvalue weighted by Crippen LogP contribution is 2.56. The third-order valence-corrected chi connectivity index (χ3v) is 4.55. The summed E-state index contributed by atoms with van der Waals surface area (Å²) in [6, 6.07) is 8.17. The SMILES string of the molecule is CC1(C)C[C@]2(C)OC(=O)O[C@@]2(C)c2ccccc21. The maximum atomic E-state index is 11.6. The van der Waals surface area contributed by atoms with Crippen LogP contribution in [0.5, 0.6) is 0 Å². The van der Waals surface area contributed by atoms with Gasteiger partial charge in [0.15, 0.2) is 11.2 Å². The summed E-state index contributed by atoms with van der Waals surface area (Å²) in [7, 11) is 0. The molecule has 1 aliphatic carbocycles. The van der Waals surface area contributed by atoms with Crippen LogP contribution in [-0.4, -0.2) is 11.8 Å². The zero-order chi connectivity index (χ0) is 13.2. The Morgan fingerprint density at radius 2 is 1.61 bits per heavy atom. The van der Waals surface area contributed by atoms with Gasteiger partial charge in [0.25, 0.3) is 0 Å². The Kier molecular flexibility index (Phi) is 1.98. The summed E-state index contributed by atoms with van der Waals surface area (Å²) in [5.41, 5.74) is 0.995. The Bertz CT molecular complexity index is 534. The molecular formula is C15H18O3. The largest absolute Gasteiger partial charge is 0.510 e. The second kappa shape index (κ2) is 3.08. The Balaban J connectivity index is 2.29. The van der Waals surface area contributed by atoms with Crippen LogP contribution in [0.4, 0.5) is 4.79 Å². The smallest absolute Gasteiger partial charge is 0.423 e. The molecule has 1 aromatic carbocycles. The van der Waals surface area contributed by atoms with Crippen LogP contribution in [0.2, 0.25) is 0 Å². The Morgan fingerprint density at radius 1 is 1.00 bits per heavy atom. The Hall–Kier alpha value is -1.51. The van der Waals surface area contributed by atoms with Crippen molar-refractivity contribution in [1.29, 1.82) is 0 Å². The van der Waals surface area contributed by atoms with Gasteiger partial charge >= 0.3 is 6.16 Å². The van der Waals surface area contributed by atoms with Crippen molar-refractivity contribution in [3.8, 4) is 0 Å². The van der Waals surface area contributed by atoms with Gasteiger partial charge in [0, 0.05) is 12.0 Å². The number of ether oxygens (including phenoxy) is 2. The van der Waals surface area contributed by atoms with E-state index in [0.717, 1.165) is 12.0 Å². The molecule has 96 valence electrons. The third-order valence-electron chi connectivity index (χ3n) is 4.55. The number of rotatable bonds is 0. The zero-order valence-corrected chi connectivity index (χ0v) is 11.2. The van der Waals surface area contributed by atoms with Crippen LogP contribution in [0.25, 0.3) is 0 Å². The van der Waals surface area contributed by atoms with Gasteiger partial charge in [-0.05, 0) is 24.8 Å². The molecule has 0 aromatic heterocycles. The number of hydrogen-bond donors (Lipinski definition) is 0. The average Bonchev–Trinajstić information content (AvgIpc) is 2.48. The molecule has 1 aromatic rings. The minimum Gasteiger partial charge on any atom is -0.423 e. The molecule has 2 atom stereocenters. The number of carbonyl (C=O) groups excluding carboxylic acids is 1. The van der Waals surface area contributed by atoms with E-state index >= 15 is 0 Å². The molecule has 3 heteroatoms. The fourth-order valence-electron chi connectivity index (χ4n) is 3.55. The minimum absolute atomic E-state index is 0.0289. The van der Waals surface area contributed by atoms with Crippen LogP contribution in [0.3, 0.4) is 0 Å². The molecule has 2 aliphatic rings. The molecular weight excluding hydrogens is 228 g/mol. The van der Waals surface area contributed by atoms with Gasteiger partial charge in [-0.25, -0.2) is 4.79 Å². The molecule has 3 rings (SSSR count). The quantitative estimate of drug-likeness (QED) is 0.657. The molecule has 0 bridgehead atoms. The number of benzene rings is 1. The normalized spacial score (nSPS) is 36.3. The molecule has 18 heavy (non-hydrogen) atoms. The molecule has 1 fully saturated rings. The van der Waals surface area contributed by atoms with Gasteiger partial charge in [-0.3, -0.25) is 0 Å². The molecule has 0 spiro atoms. The highest BCUT2D eigenvalue weighted by molar-refractivity contribution is 5.66. The van der Waals surface area contributed by atoms with Crippen LogP contribution in [-0.2, 0) is 20.5 Å². The van der Waals surface area contributed by atoms with Crippen LogP contribution in [0.15, 0.2) is 24.3 Å². The fraction of sp³-hybridized carbons (Fsp3) is 0.533. The summed E-state index contributed by atoms with van der Waals surface area (Å²) in [6.07, 6.45) is 0.201. The molecule has 0 saturated carbocycles. The van der Waals surface area contributed by atoms with Gasteiger partial charge in [0.1, 0.15) is 0 Å². The first-order valence-electron chi connectivity index (χ1n) is 6.31. The second-order valence-electron chi connectivity index (χ2n) is 6.32. The predicted molar refractivity (Wildman–Crippen MR) is 67.4 cm³/mol. The predicted octanol–water partition coefficient (Wildman–Crippen LogP) is 3.51. The van der Waals surface area contributed by atoms with Crippen molar-refractivity contribution in [1.82, 2.24) is 0 Å². The molecule has 0 amide bonds. The van der Waals surface area contributed by atoms with Crippen LogP contribution < -0.4 is 0 Å². The summed E-state index contributed by atoms with van der Waals surface area (Å²) in [5.74, 6) is 0. The van der Waals surface area contributed by atoms with Gasteiger partial charge in [0.2, 0.25) is 0 Å². The van der Waals surface area contributed by atoms with E-state index in [2.05, 4.69) is 19.9 Å². The lowest BCUT2D eigenvalue weighted by Crippen LogP contribution is -2.53. The lowest BCUT2D eigenvalue weighted by atomic mass is 9.60. The molecule has 1 heterocycles. The monoisotopic (exact) mass is 246 g/mol. The first-order chi connectivity index (χ1) is 8.29. The van der Waals surface area contributed by atoms with E-state index in [9.17, 15) is 4.79 Å². The topological polar surface area (TPSA) is 35.5 Å².